The molecule has 0 aromatic heterocycles. The number of hydrogen-bond donors (Lipinski definition) is 0. The molecule has 0 atom stereocenters. The van der Waals surface area contributed by atoms with Gasteiger partial charge in [0.05, 0.1) is 6.61 Å². The number of methoxy groups -OCH3 is 1. The van der Waals surface area contributed by atoms with Crippen molar-refractivity contribution in [3.8, 4) is 0 Å². The number of likely N-dealkylation sites (tertiary alicyclic amines) is 1. The number of carbonyl (C=O) groups excluding carboxylic acids is 1. The highest BCUT2D eigenvalue weighted by atomic mass is 16.5. The van der Waals surface area contributed by atoms with Gasteiger partial charge in [0.25, 0.3) is 5.91 Å². The van der Waals surface area contributed by atoms with Crippen LogP contribution in [0.1, 0.15) is 28.8 Å². The van der Waals surface area contributed by atoms with Crippen molar-refractivity contribution in [2.45, 2.75) is 19.4 Å². The Balaban J connectivity index is 2.05. The van der Waals surface area contributed by atoms with Crippen LogP contribution >= 0.6 is 0 Å². The minimum absolute atomic E-state index is 0.154. The van der Waals surface area contributed by atoms with Crippen molar-refractivity contribution in [3.05, 3.63) is 35.4 Å². The maximum atomic E-state index is 12.0. The van der Waals surface area contributed by atoms with Crippen molar-refractivity contribution in [2.24, 2.45) is 0 Å². The average Bonchev–Trinajstić information content (AvgIpc) is 2.83. The third-order valence-corrected chi connectivity index (χ3v) is 2.91. The Hall–Kier alpha value is -1.35. The molecule has 1 aliphatic rings. The Labute approximate surface area is 96.0 Å². The smallest absolute Gasteiger partial charge is 0.253 e. The lowest BCUT2D eigenvalue weighted by molar-refractivity contribution is 0.0792. The summed E-state index contributed by atoms with van der Waals surface area (Å²) in [5.74, 6) is 0.154. The molecule has 1 aliphatic heterocycles. The van der Waals surface area contributed by atoms with Crippen molar-refractivity contribution >= 4 is 5.91 Å². The summed E-state index contributed by atoms with van der Waals surface area (Å²) in [7, 11) is 1.67. The van der Waals surface area contributed by atoms with Crippen LogP contribution in [0, 0.1) is 0 Å². The predicted molar refractivity (Wildman–Crippen MR) is 62.3 cm³/mol. The Kier molecular flexibility index (Phi) is 3.57. The van der Waals surface area contributed by atoms with Crippen LogP contribution in [-0.2, 0) is 11.3 Å². The van der Waals surface area contributed by atoms with Crippen molar-refractivity contribution in [2.75, 3.05) is 20.2 Å². The number of benzene rings is 1. The normalized spacial score (nSPS) is 15.4. The van der Waals surface area contributed by atoms with E-state index in [0.717, 1.165) is 37.1 Å². The molecule has 1 aromatic carbocycles. The molecule has 0 N–H and O–H groups in total. The summed E-state index contributed by atoms with van der Waals surface area (Å²) in [4.78, 5) is 13.9. The van der Waals surface area contributed by atoms with E-state index < -0.39 is 0 Å². The summed E-state index contributed by atoms with van der Waals surface area (Å²) in [6.45, 7) is 2.40. The molecular formula is C13H17NO2. The molecule has 1 heterocycles. The molecule has 1 fully saturated rings. The van der Waals surface area contributed by atoms with Gasteiger partial charge in [-0.3, -0.25) is 4.79 Å². The van der Waals surface area contributed by atoms with Crippen LogP contribution in [0.4, 0.5) is 0 Å². The molecule has 0 spiro atoms. The summed E-state index contributed by atoms with van der Waals surface area (Å²) in [5, 5.41) is 0. The molecule has 1 saturated heterocycles. The summed E-state index contributed by atoms with van der Waals surface area (Å²) in [5.41, 5.74) is 1.88. The van der Waals surface area contributed by atoms with Gasteiger partial charge in [0.2, 0.25) is 0 Å². The molecule has 0 unspecified atom stereocenters. The lowest BCUT2D eigenvalue weighted by Crippen LogP contribution is -2.27. The van der Waals surface area contributed by atoms with Crippen LogP contribution in [0.2, 0.25) is 0 Å². The first-order chi connectivity index (χ1) is 7.81. The molecule has 86 valence electrons. The number of amides is 1. The van der Waals surface area contributed by atoms with E-state index in [2.05, 4.69) is 0 Å². The second-order valence-electron chi connectivity index (χ2n) is 4.13. The van der Waals surface area contributed by atoms with Gasteiger partial charge in [-0.15, -0.1) is 0 Å². The second-order valence-corrected chi connectivity index (χ2v) is 4.13. The van der Waals surface area contributed by atoms with Crippen LogP contribution in [-0.4, -0.2) is 31.0 Å². The van der Waals surface area contributed by atoms with E-state index in [9.17, 15) is 4.79 Å². The molecule has 16 heavy (non-hydrogen) atoms. The van der Waals surface area contributed by atoms with Gasteiger partial charge in [-0.05, 0) is 30.5 Å². The zero-order valence-corrected chi connectivity index (χ0v) is 9.61. The van der Waals surface area contributed by atoms with E-state index in [1.54, 1.807) is 7.11 Å². The maximum Gasteiger partial charge on any atom is 0.253 e. The lowest BCUT2D eigenvalue weighted by atomic mass is 10.1. The Morgan fingerprint density at radius 2 is 1.88 bits per heavy atom. The van der Waals surface area contributed by atoms with Crippen molar-refractivity contribution in [3.63, 3.8) is 0 Å². The maximum absolute atomic E-state index is 12.0. The Morgan fingerprint density at radius 3 is 2.44 bits per heavy atom. The van der Waals surface area contributed by atoms with Gasteiger partial charge in [0.1, 0.15) is 0 Å². The first kappa shape index (κ1) is 11.1. The van der Waals surface area contributed by atoms with E-state index >= 15 is 0 Å². The number of ether oxygens (including phenoxy) is 1. The molecule has 3 nitrogen and oxygen atoms in total. The standard InChI is InChI=1S/C13H17NO2/c1-16-10-11-4-6-12(7-5-11)13(15)14-8-2-3-9-14/h4-7H,2-3,8-10H2,1H3. The topological polar surface area (TPSA) is 29.5 Å². The van der Waals surface area contributed by atoms with Gasteiger partial charge in [-0.2, -0.15) is 0 Å². The van der Waals surface area contributed by atoms with Crippen LogP contribution in [0.3, 0.4) is 0 Å². The molecule has 2 rings (SSSR count). The number of nitrogens with zero attached hydrogens (tertiary/aromatic N) is 1. The number of rotatable bonds is 3. The molecule has 0 aliphatic carbocycles. The third-order valence-electron chi connectivity index (χ3n) is 2.91. The van der Waals surface area contributed by atoms with Gasteiger partial charge in [0.15, 0.2) is 0 Å². The number of carbonyl (C=O) groups is 1. The molecule has 0 saturated carbocycles. The minimum atomic E-state index is 0.154. The van der Waals surface area contributed by atoms with E-state index in [4.69, 9.17) is 4.74 Å². The summed E-state index contributed by atoms with van der Waals surface area (Å²) in [6, 6.07) is 7.67. The van der Waals surface area contributed by atoms with Crippen LogP contribution < -0.4 is 0 Å². The molecular weight excluding hydrogens is 202 g/mol. The largest absolute Gasteiger partial charge is 0.380 e. The van der Waals surface area contributed by atoms with Crippen LogP contribution in [0.5, 0.6) is 0 Å². The summed E-state index contributed by atoms with van der Waals surface area (Å²) in [6.07, 6.45) is 2.26. The van der Waals surface area contributed by atoms with E-state index in [1.807, 2.05) is 29.2 Å². The van der Waals surface area contributed by atoms with Crippen molar-refractivity contribution < 1.29 is 9.53 Å². The average molecular weight is 219 g/mol. The molecule has 0 bridgehead atoms. The minimum Gasteiger partial charge on any atom is -0.380 e. The van der Waals surface area contributed by atoms with E-state index in [0.29, 0.717) is 6.61 Å². The van der Waals surface area contributed by atoms with E-state index in [-0.39, 0.29) is 5.91 Å². The predicted octanol–water partition coefficient (Wildman–Crippen LogP) is 2.07. The van der Waals surface area contributed by atoms with Crippen molar-refractivity contribution in [1.82, 2.24) is 4.90 Å². The fraction of sp³-hybridized carbons (Fsp3) is 0.462. The Morgan fingerprint density at radius 1 is 1.25 bits per heavy atom. The Bertz CT molecular complexity index is 353. The monoisotopic (exact) mass is 219 g/mol. The first-order valence-corrected chi connectivity index (χ1v) is 5.68. The van der Waals surface area contributed by atoms with Crippen LogP contribution in [0.25, 0.3) is 0 Å². The molecule has 1 aromatic rings. The van der Waals surface area contributed by atoms with Gasteiger partial charge < -0.3 is 9.64 Å². The SMILES string of the molecule is COCc1ccc(C(=O)N2CCCC2)cc1. The highest BCUT2D eigenvalue weighted by Gasteiger charge is 2.18. The van der Waals surface area contributed by atoms with Crippen molar-refractivity contribution in [1.29, 1.82) is 0 Å². The zero-order chi connectivity index (χ0) is 11.4. The quantitative estimate of drug-likeness (QED) is 0.779. The van der Waals surface area contributed by atoms with Crippen LogP contribution in [0.15, 0.2) is 24.3 Å². The van der Waals surface area contributed by atoms with Gasteiger partial charge >= 0.3 is 0 Å². The number of hydrogen-bond acceptors (Lipinski definition) is 2. The summed E-state index contributed by atoms with van der Waals surface area (Å²) < 4.78 is 5.03. The fourth-order valence-corrected chi connectivity index (χ4v) is 2.01. The van der Waals surface area contributed by atoms with E-state index in [1.165, 1.54) is 0 Å². The highest BCUT2D eigenvalue weighted by Crippen LogP contribution is 2.13. The lowest BCUT2D eigenvalue weighted by Gasteiger charge is -2.15. The van der Waals surface area contributed by atoms with Gasteiger partial charge in [0, 0.05) is 25.8 Å². The summed E-state index contributed by atoms with van der Waals surface area (Å²) >= 11 is 0. The highest BCUT2D eigenvalue weighted by molar-refractivity contribution is 5.94. The van der Waals surface area contributed by atoms with Gasteiger partial charge in [-0.25, -0.2) is 0 Å². The molecule has 3 heteroatoms. The second kappa shape index (κ2) is 5.12. The fourth-order valence-electron chi connectivity index (χ4n) is 2.01. The molecule has 0 radical (unpaired) electrons. The molecule has 1 amide bonds. The zero-order valence-electron chi connectivity index (χ0n) is 9.61. The van der Waals surface area contributed by atoms with Gasteiger partial charge in [-0.1, -0.05) is 12.1 Å². The third kappa shape index (κ3) is 2.42. The first-order valence-electron chi connectivity index (χ1n) is 5.68.